The molecule has 1 atom stereocenters. The summed E-state index contributed by atoms with van der Waals surface area (Å²) in [4.78, 5) is 0. The van der Waals surface area contributed by atoms with Gasteiger partial charge in [-0.25, -0.2) is 0 Å². The number of nitrogens with one attached hydrogen (secondary N) is 1. The maximum absolute atomic E-state index is 5.50. The van der Waals surface area contributed by atoms with Crippen LogP contribution in [0.5, 0.6) is 0 Å². The Labute approximate surface area is 55.6 Å². The van der Waals surface area contributed by atoms with E-state index in [0.29, 0.717) is 6.10 Å². The van der Waals surface area contributed by atoms with E-state index in [2.05, 4.69) is 5.32 Å². The van der Waals surface area contributed by atoms with Gasteiger partial charge in [0, 0.05) is 19.0 Å². The number of fused-ring (bicyclic) bond motifs is 4. The van der Waals surface area contributed by atoms with E-state index >= 15 is 0 Å². The lowest BCUT2D eigenvalue weighted by molar-refractivity contribution is 0.0434. The van der Waals surface area contributed by atoms with Crippen molar-refractivity contribution in [3.8, 4) is 0 Å². The molecule has 2 bridgehead atoms. The molecular formula is C7H12NO. The third-order valence-electron chi connectivity index (χ3n) is 2.09. The van der Waals surface area contributed by atoms with Gasteiger partial charge in [0.2, 0.25) is 0 Å². The molecule has 51 valence electrons. The zero-order valence-corrected chi connectivity index (χ0v) is 5.52. The summed E-state index contributed by atoms with van der Waals surface area (Å²) >= 11 is 0. The summed E-state index contributed by atoms with van der Waals surface area (Å²) in [5, 5.41) is 3.35. The van der Waals surface area contributed by atoms with Crippen LogP contribution in [0.1, 0.15) is 12.8 Å². The molecule has 0 aromatic heterocycles. The standard InChI is InChI=1S/C7H12NO/c1-2-7-4-8-3-6(1)5-9-7/h7-8H,1-5H2. The van der Waals surface area contributed by atoms with Crippen LogP contribution in [-0.4, -0.2) is 25.8 Å². The van der Waals surface area contributed by atoms with Crippen molar-refractivity contribution in [3.63, 3.8) is 0 Å². The van der Waals surface area contributed by atoms with Crippen LogP contribution in [-0.2, 0) is 4.74 Å². The van der Waals surface area contributed by atoms with Crippen LogP contribution in [0.25, 0.3) is 0 Å². The molecule has 0 spiro atoms. The summed E-state index contributed by atoms with van der Waals surface area (Å²) in [6.45, 7) is 3.07. The van der Waals surface area contributed by atoms with Gasteiger partial charge in [-0.2, -0.15) is 0 Å². The highest BCUT2D eigenvalue weighted by Gasteiger charge is 2.25. The molecule has 0 saturated carbocycles. The second-order valence-electron chi connectivity index (χ2n) is 2.85. The van der Waals surface area contributed by atoms with Gasteiger partial charge in [-0.15, -0.1) is 0 Å². The van der Waals surface area contributed by atoms with Gasteiger partial charge in [0.1, 0.15) is 0 Å². The molecule has 3 aliphatic heterocycles. The van der Waals surface area contributed by atoms with Gasteiger partial charge in [0.15, 0.2) is 0 Å². The summed E-state index contributed by atoms with van der Waals surface area (Å²) in [6, 6.07) is 0. The Morgan fingerprint density at radius 3 is 3.33 bits per heavy atom. The second-order valence-corrected chi connectivity index (χ2v) is 2.85. The van der Waals surface area contributed by atoms with Gasteiger partial charge < -0.3 is 10.1 Å². The maximum Gasteiger partial charge on any atom is 0.0700 e. The van der Waals surface area contributed by atoms with Gasteiger partial charge in [0.25, 0.3) is 0 Å². The molecule has 1 unspecified atom stereocenters. The Morgan fingerprint density at radius 2 is 2.56 bits per heavy atom. The highest BCUT2D eigenvalue weighted by atomic mass is 16.5. The summed E-state index contributed by atoms with van der Waals surface area (Å²) in [6.07, 6.45) is 3.04. The topological polar surface area (TPSA) is 21.3 Å². The van der Waals surface area contributed by atoms with Crippen LogP contribution < -0.4 is 5.32 Å². The van der Waals surface area contributed by atoms with Gasteiger partial charge >= 0.3 is 0 Å². The molecule has 0 aromatic carbocycles. The van der Waals surface area contributed by atoms with Crippen LogP contribution in [0.2, 0.25) is 0 Å². The first-order valence-corrected chi connectivity index (χ1v) is 3.61. The van der Waals surface area contributed by atoms with Crippen molar-refractivity contribution in [1.29, 1.82) is 0 Å². The van der Waals surface area contributed by atoms with Crippen molar-refractivity contribution in [3.05, 3.63) is 5.92 Å². The zero-order chi connectivity index (χ0) is 6.10. The van der Waals surface area contributed by atoms with Crippen molar-refractivity contribution < 1.29 is 4.74 Å². The van der Waals surface area contributed by atoms with Crippen molar-refractivity contribution in [2.75, 3.05) is 19.7 Å². The number of ether oxygens (including phenoxy) is 1. The molecule has 3 fully saturated rings. The fourth-order valence-electron chi connectivity index (χ4n) is 1.47. The number of hydrogen-bond acceptors (Lipinski definition) is 2. The smallest absolute Gasteiger partial charge is 0.0700 e. The van der Waals surface area contributed by atoms with Crippen LogP contribution in [0.4, 0.5) is 0 Å². The minimum absolute atomic E-state index is 0.510. The minimum Gasteiger partial charge on any atom is -0.376 e. The highest BCUT2D eigenvalue weighted by molar-refractivity contribution is 4.99. The van der Waals surface area contributed by atoms with Crippen molar-refractivity contribution in [1.82, 2.24) is 5.32 Å². The number of rotatable bonds is 0. The Balaban J connectivity index is 2.03. The van der Waals surface area contributed by atoms with Crippen molar-refractivity contribution >= 4 is 0 Å². The SMILES string of the molecule is C1CC2CNC[C]1CO2. The van der Waals surface area contributed by atoms with E-state index in [0.717, 1.165) is 19.7 Å². The van der Waals surface area contributed by atoms with E-state index in [1.165, 1.54) is 12.8 Å². The molecule has 3 rings (SSSR count). The average molecular weight is 126 g/mol. The quantitative estimate of drug-likeness (QED) is 0.505. The fraction of sp³-hybridized carbons (Fsp3) is 0.857. The molecule has 0 amide bonds. The molecule has 2 heteroatoms. The van der Waals surface area contributed by atoms with Crippen molar-refractivity contribution in [2.24, 2.45) is 0 Å². The Hall–Kier alpha value is -0.0800. The maximum atomic E-state index is 5.50. The lowest BCUT2D eigenvalue weighted by Gasteiger charge is -2.21. The van der Waals surface area contributed by atoms with E-state index < -0.39 is 0 Å². The second kappa shape index (κ2) is 2.27. The third kappa shape index (κ3) is 1.10. The van der Waals surface area contributed by atoms with E-state index in [1.807, 2.05) is 0 Å². The molecule has 3 heterocycles. The fourth-order valence-corrected chi connectivity index (χ4v) is 1.47. The summed E-state index contributed by atoms with van der Waals surface area (Å²) in [7, 11) is 0. The average Bonchev–Trinajstić information content (AvgIpc) is 2.21. The lowest BCUT2D eigenvalue weighted by Crippen LogP contribution is -2.24. The molecule has 9 heavy (non-hydrogen) atoms. The first-order valence-electron chi connectivity index (χ1n) is 3.61. The largest absolute Gasteiger partial charge is 0.376 e. The van der Waals surface area contributed by atoms with Crippen LogP contribution in [0, 0.1) is 5.92 Å². The van der Waals surface area contributed by atoms with Crippen LogP contribution in [0.3, 0.4) is 0 Å². The molecule has 3 aliphatic rings. The van der Waals surface area contributed by atoms with E-state index in [4.69, 9.17) is 4.74 Å². The Bertz CT molecular complexity index is 79.6. The Morgan fingerprint density at radius 1 is 1.56 bits per heavy atom. The summed E-state index contributed by atoms with van der Waals surface area (Å²) in [5.41, 5.74) is 0. The van der Waals surface area contributed by atoms with Gasteiger partial charge in [-0.1, -0.05) is 0 Å². The summed E-state index contributed by atoms with van der Waals surface area (Å²) < 4.78 is 5.50. The van der Waals surface area contributed by atoms with Gasteiger partial charge in [-0.3, -0.25) is 0 Å². The molecule has 1 N–H and O–H groups in total. The monoisotopic (exact) mass is 126 g/mol. The van der Waals surface area contributed by atoms with Crippen LogP contribution in [0.15, 0.2) is 0 Å². The lowest BCUT2D eigenvalue weighted by atomic mass is 10.0. The molecular weight excluding hydrogens is 114 g/mol. The first-order chi connectivity index (χ1) is 4.45. The third-order valence-corrected chi connectivity index (χ3v) is 2.09. The molecule has 3 saturated heterocycles. The van der Waals surface area contributed by atoms with Gasteiger partial charge in [0.05, 0.1) is 12.7 Å². The Kier molecular flexibility index (Phi) is 1.44. The normalized spacial score (nSPS) is 36.7. The minimum atomic E-state index is 0.510. The molecule has 1 radical (unpaired) electrons. The highest BCUT2D eigenvalue weighted by Crippen LogP contribution is 2.22. The molecule has 0 aliphatic carbocycles. The van der Waals surface area contributed by atoms with Crippen molar-refractivity contribution in [2.45, 2.75) is 18.9 Å². The predicted octanol–water partition coefficient (Wildman–Crippen LogP) is 0.343. The van der Waals surface area contributed by atoms with Crippen LogP contribution >= 0.6 is 0 Å². The molecule has 2 nitrogen and oxygen atoms in total. The van der Waals surface area contributed by atoms with E-state index in [1.54, 1.807) is 5.92 Å². The predicted molar refractivity (Wildman–Crippen MR) is 35.1 cm³/mol. The molecule has 0 aromatic rings. The van der Waals surface area contributed by atoms with E-state index in [-0.39, 0.29) is 0 Å². The zero-order valence-electron chi connectivity index (χ0n) is 5.52. The van der Waals surface area contributed by atoms with E-state index in [9.17, 15) is 0 Å². The summed E-state index contributed by atoms with van der Waals surface area (Å²) in [5.74, 6) is 1.55. The van der Waals surface area contributed by atoms with Gasteiger partial charge in [-0.05, 0) is 12.8 Å². The first kappa shape index (κ1) is 5.69. The number of hydrogen-bond donors (Lipinski definition) is 1.